The van der Waals surface area contributed by atoms with Crippen molar-refractivity contribution >= 4 is 29.3 Å². The molecule has 3 N–H and O–H groups in total. The Bertz CT molecular complexity index is 890. The lowest BCUT2D eigenvalue weighted by molar-refractivity contribution is -0.123. The summed E-state index contributed by atoms with van der Waals surface area (Å²) in [7, 11) is 0. The van der Waals surface area contributed by atoms with Crippen molar-refractivity contribution in [1.82, 2.24) is 15.3 Å². The van der Waals surface area contributed by atoms with Crippen molar-refractivity contribution in [2.75, 3.05) is 11.9 Å². The smallest absolute Gasteiger partial charge is 0.251 e. The van der Waals surface area contributed by atoms with Gasteiger partial charge in [0.05, 0.1) is 11.8 Å². The van der Waals surface area contributed by atoms with Gasteiger partial charge in [0, 0.05) is 17.4 Å². The SMILES string of the molecule is CCCc1cc(=O)[nH]c(S[C@@H](C)C(=O)NCC(=O)Nc2c(C)cccc2C)n1. The molecule has 0 unspecified atom stereocenters. The molecule has 0 saturated heterocycles. The van der Waals surface area contributed by atoms with Crippen LogP contribution in [0.4, 0.5) is 5.69 Å². The number of aromatic nitrogens is 2. The molecule has 7 nitrogen and oxygen atoms in total. The van der Waals surface area contributed by atoms with Gasteiger partial charge in [0.15, 0.2) is 5.16 Å². The molecular weight excluding hydrogens is 376 g/mol. The lowest BCUT2D eigenvalue weighted by atomic mass is 10.1. The van der Waals surface area contributed by atoms with Crippen LogP contribution in [-0.2, 0) is 16.0 Å². The van der Waals surface area contributed by atoms with Crippen molar-refractivity contribution < 1.29 is 9.59 Å². The Morgan fingerprint density at radius 3 is 2.57 bits per heavy atom. The summed E-state index contributed by atoms with van der Waals surface area (Å²) in [6.07, 6.45) is 1.59. The summed E-state index contributed by atoms with van der Waals surface area (Å²) < 4.78 is 0. The van der Waals surface area contributed by atoms with Crippen molar-refractivity contribution in [1.29, 1.82) is 0 Å². The number of amides is 2. The Labute approximate surface area is 168 Å². The second-order valence-electron chi connectivity index (χ2n) is 6.58. The second-order valence-corrected chi connectivity index (χ2v) is 7.91. The minimum Gasteiger partial charge on any atom is -0.346 e. The molecule has 0 bridgehead atoms. The average molecular weight is 403 g/mol. The lowest BCUT2D eigenvalue weighted by Crippen LogP contribution is -2.37. The quantitative estimate of drug-likeness (QED) is 0.465. The third-order valence-electron chi connectivity index (χ3n) is 4.11. The standard InChI is InChI=1S/C20H26N4O3S/c1-5-7-15-10-16(25)24-20(22-15)28-14(4)19(27)21-11-17(26)23-18-12(2)8-6-9-13(18)3/h6,8-10,14H,5,7,11H2,1-4H3,(H,21,27)(H,23,26)(H,22,24,25)/t14-/m0/s1. The predicted octanol–water partition coefficient (Wildman–Crippen LogP) is 2.57. The van der Waals surface area contributed by atoms with E-state index in [0.717, 1.165) is 35.0 Å². The topological polar surface area (TPSA) is 104 Å². The highest BCUT2D eigenvalue weighted by molar-refractivity contribution is 8.00. The number of anilines is 1. The van der Waals surface area contributed by atoms with Crippen LogP contribution in [0.1, 0.15) is 37.1 Å². The minimum absolute atomic E-state index is 0.128. The number of carbonyl (C=O) groups is 2. The molecule has 0 radical (unpaired) electrons. The highest BCUT2D eigenvalue weighted by Gasteiger charge is 2.17. The van der Waals surface area contributed by atoms with Gasteiger partial charge in [-0.2, -0.15) is 0 Å². The number of nitrogens with one attached hydrogen (secondary N) is 3. The van der Waals surface area contributed by atoms with E-state index in [0.29, 0.717) is 17.3 Å². The first-order valence-electron chi connectivity index (χ1n) is 9.20. The van der Waals surface area contributed by atoms with E-state index >= 15 is 0 Å². The van der Waals surface area contributed by atoms with Gasteiger partial charge < -0.3 is 15.6 Å². The van der Waals surface area contributed by atoms with E-state index in [2.05, 4.69) is 20.6 Å². The van der Waals surface area contributed by atoms with Crippen molar-refractivity contribution in [2.24, 2.45) is 0 Å². The molecule has 2 amide bonds. The summed E-state index contributed by atoms with van der Waals surface area (Å²) >= 11 is 1.16. The third-order valence-corrected chi connectivity index (χ3v) is 5.09. The summed E-state index contributed by atoms with van der Waals surface area (Å²) in [6.45, 7) is 7.42. The van der Waals surface area contributed by atoms with Crippen molar-refractivity contribution in [3.8, 4) is 0 Å². The van der Waals surface area contributed by atoms with Crippen molar-refractivity contribution in [2.45, 2.75) is 50.9 Å². The number of rotatable bonds is 8. The molecule has 0 aliphatic carbocycles. The number of aromatic amines is 1. The first-order valence-corrected chi connectivity index (χ1v) is 10.1. The fraction of sp³-hybridized carbons (Fsp3) is 0.400. The summed E-state index contributed by atoms with van der Waals surface area (Å²) in [6, 6.07) is 7.23. The fourth-order valence-electron chi connectivity index (χ4n) is 2.65. The first-order chi connectivity index (χ1) is 13.3. The Morgan fingerprint density at radius 2 is 1.93 bits per heavy atom. The average Bonchev–Trinajstić information content (AvgIpc) is 2.62. The van der Waals surface area contributed by atoms with Gasteiger partial charge >= 0.3 is 0 Å². The van der Waals surface area contributed by atoms with E-state index in [1.807, 2.05) is 39.0 Å². The Kier molecular flexibility index (Phi) is 7.80. The molecule has 150 valence electrons. The summed E-state index contributed by atoms with van der Waals surface area (Å²) in [4.78, 5) is 43.2. The minimum atomic E-state index is -0.506. The number of thioether (sulfide) groups is 1. The van der Waals surface area contributed by atoms with Crippen LogP contribution in [0, 0.1) is 13.8 Å². The molecule has 0 aliphatic rings. The van der Waals surface area contributed by atoms with Gasteiger partial charge in [-0.3, -0.25) is 14.4 Å². The van der Waals surface area contributed by atoms with Crippen LogP contribution in [0.3, 0.4) is 0 Å². The van der Waals surface area contributed by atoms with E-state index < -0.39 is 5.25 Å². The highest BCUT2D eigenvalue weighted by Crippen LogP contribution is 2.20. The van der Waals surface area contributed by atoms with Gasteiger partial charge in [0.1, 0.15) is 0 Å². The van der Waals surface area contributed by atoms with E-state index in [9.17, 15) is 14.4 Å². The summed E-state index contributed by atoms with van der Waals surface area (Å²) in [5, 5.41) is 5.35. The number of hydrogen-bond acceptors (Lipinski definition) is 5. The molecule has 0 saturated carbocycles. The molecule has 0 fully saturated rings. The van der Waals surface area contributed by atoms with Crippen LogP contribution in [-0.4, -0.2) is 33.6 Å². The van der Waals surface area contributed by atoms with Crippen LogP contribution >= 0.6 is 11.8 Å². The maximum atomic E-state index is 12.3. The summed E-state index contributed by atoms with van der Waals surface area (Å²) in [5.74, 6) is -0.593. The number of aryl methyl sites for hydroxylation is 3. The van der Waals surface area contributed by atoms with Gasteiger partial charge in [-0.25, -0.2) is 4.98 Å². The van der Waals surface area contributed by atoms with E-state index in [-0.39, 0.29) is 23.9 Å². The number of H-pyrrole nitrogens is 1. The van der Waals surface area contributed by atoms with E-state index in [4.69, 9.17) is 0 Å². The first kappa shape index (κ1) is 21.7. The molecule has 8 heteroatoms. The molecule has 2 rings (SSSR count). The summed E-state index contributed by atoms with van der Waals surface area (Å²) in [5.41, 5.74) is 3.16. The monoisotopic (exact) mass is 402 g/mol. The molecule has 1 aromatic carbocycles. The Morgan fingerprint density at radius 1 is 1.25 bits per heavy atom. The number of carbonyl (C=O) groups excluding carboxylic acids is 2. The molecule has 2 aromatic rings. The third kappa shape index (κ3) is 6.23. The zero-order valence-electron chi connectivity index (χ0n) is 16.6. The maximum Gasteiger partial charge on any atom is 0.251 e. The predicted molar refractivity (Wildman–Crippen MR) is 112 cm³/mol. The van der Waals surface area contributed by atoms with Crippen LogP contribution < -0.4 is 16.2 Å². The van der Waals surface area contributed by atoms with Crippen LogP contribution in [0.25, 0.3) is 0 Å². The Balaban J connectivity index is 1.90. The number of hydrogen-bond donors (Lipinski definition) is 3. The molecular formula is C20H26N4O3S. The fourth-order valence-corrected chi connectivity index (χ4v) is 3.51. The van der Waals surface area contributed by atoms with Gasteiger partial charge in [-0.05, 0) is 38.3 Å². The molecule has 1 aromatic heterocycles. The van der Waals surface area contributed by atoms with Crippen molar-refractivity contribution in [3.05, 3.63) is 51.4 Å². The second kappa shape index (κ2) is 10.1. The molecule has 28 heavy (non-hydrogen) atoms. The molecule has 1 atom stereocenters. The van der Waals surface area contributed by atoms with E-state index in [1.54, 1.807) is 6.92 Å². The largest absolute Gasteiger partial charge is 0.346 e. The van der Waals surface area contributed by atoms with Gasteiger partial charge in [0.2, 0.25) is 11.8 Å². The van der Waals surface area contributed by atoms with Crippen LogP contribution in [0.5, 0.6) is 0 Å². The zero-order chi connectivity index (χ0) is 20.7. The van der Waals surface area contributed by atoms with E-state index in [1.165, 1.54) is 6.07 Å². The molecule has 0 aliphatic heterocycles. The number of benzene rings is 1. The molecule has 1 heterocycles. The maximum absolute atomic E-state index is 12.3. The Hall–Kier alpha value is -2.61. The number of nitrogens with zero attached hydrogens (tertiary/aromatic N) is 1. The number of para-hydroxylation sites is 1. The van der Waals surface area contributed by atoms with Crippen molar-refractivity contribution in [3.63, 3.8) is 0 Å². The molecule has 0 spiro atoms. The zero-order valence-corrected chi connectivity index (χ0v) is 17.4. The van der Waals surface area contributed by atoms with Gasteiger partial charge in [-0.15, -0.1) is 0 Å². The van der Waals surface area contributed by atoms with Crippen LogP contribution in [0.15, 0.2) is 34.2 Å². The normalized spacial score (nSPS) is 11.7. The van der Waals surface area contributed by atoms with Crippen LogP contribution in [0.2, 0.25) is 0 Å². The highest BCUT2D eigenvalue weighted by atomic mass is 32.2. The van der Waals surface area contributed by atoms with Gasteiger partial charge in [-0.1, -0.05) is 43.3 Å². The lowest BCUT2D eigenvalue weighted by Gasteiger charge is -2.14. The van der Waals surface area contributed by atoms with Gasteiger partial charge in [0.25, 0.3) is 5.56 Å².